The van der Waals surface area contributed by atoms with Gasteiger partial charge in [-0.15, -0.1) is 0 Å². The van der Waals surface area contributed by atoms with Gasteiger partial charge >= 0.3 is 11.9 Å². The molecule has 4 heteroatoms. The molecule has 4 nitrogen and oxygen atoms in total. The third-order valence-electron chi connectivity index (χ3n) is 7.00. The predicted molar refractivity (Wildman–Crippen MR) is 108 cm³/mol. The molecular formula is C23H38O4. The average molecular weight is 379 g/mol. The van der Waals surface area contributed by atoms with Crippen LogP contribution in [0.3, 0.4) is 0 Å². The van der Waals surface area contributed by atoms with E-state index in [0.29, 0.717) is 0 Å². The van der Waals surface area contributed by atoms with Crippen molar-refractivity contribution in [2.24, 2.45) is 10.8 Å². The summed E-state index contributed by atoms with van der Waals surface area (Å²) in [5.74, 6) is -1.16. The lowest BCUT2D eigenvalue weighted by atomic mass is 9.66. The highest BCUT2D eigenvalue weighted by Crippen LogP contribution is 2.46. The summed E-state index contributed by atoms with van der Waals surface area (Å²) in [7, 11) is 0. The SMILES string of the molecule is O=C(O)C1(CCCCCC=CCCCCCCC2(C(=O)O)CCC2)CCC1. The third kappa shape index (κ3) is 6.36. The first kappa shape index (κ1) is 22.0. The van der Waals surface area contributed by atoms with Crippen LogP contribution < -0.4 is 0 Å². The summed E-state index contributed by atoms with van der Waals surface area (Å²) in [6.07, 6.45) is 22.0. The minimum absolute atomic E-state index is 0.372. The Morgan fingerprint density at radius 1 is 0.630 bits per heavy atom. The highest BCUT2D eigenvalue weighted by molar-refractivity contribution is 5.76. The van der Waals surface area contributed by atoms with E-state index in [2.05, 4.69) is 12.2 Å². The molecule has 0 aromatic heterocycles. The van der Waals surface area contributed by atoms with Gasteiger partial charge < -0.3 is 10.2 Å². The monoisotopic (exact) mass is 378 g/mol. The van der Waals surface area contributed by atoms with Crippen LogP contribution in [0.2, 0.25) is 0 Å². The van der Waals surface area contributed by atoms with E-state index < -0.39 is 11.9 Å². The lowest BCUT2D eigenvalue weighted by Gasteiger charge is -2.37. The average Bonchev–Trinajstić information content (AvgIpc) is 2.54. The van der Waals surface area contributed by atoms with Crippen molar-refractivity contribution in [3.8, 4) is 0 Å². The molecule has 0 amide bonds. The number of carboxylic acids is 2. The summed E-state index contributed by atoms with van der Waals surface area (Å²) in [6.45, 7) is 0. The van der Waals surface area contributed by atoms with Gasteiger partial charge in [-0.2, -0.15) is 0 Å². The van der Waals surface area contributed by atoms with Gasteiger partial charge in [0.05, 0.1) is 10.8 Å². The Bertz CT molecular complexity index is 501. The van der Waals surface area contributed by atoms with E-state index in [1.165, 1.54) is 12.8 Å². The summed E-state index contributed by atoms with van der Waals surface area (Å²) >= 11 is 0. The number of unbranched alkanes of at least 4 members (excludes halogenated alkanes) is 7. The Morgan fingerprint density at radius 2 is 1.00 bits per heavy atom. The number of hydrogen-bond donors (Lipinski definition) is 2. The van der Waals surface area contributed by atoms with Crippen LogP contribution in [0, 0.1) is 10.8 Å². The molecule has 0 unspecified atom stereocenters. The summed E-state index contributed by atoms with van der Waals surface area (Å²) in [6, 6.07) is 0. The first-order valence-corrected chi connectivity index (χ1v) is 11.1. The molecule has 0 heterocycles. The molecule has 0 saturated heterocycles. The highest BCUT2D eigenvalue weighted by atomic mass is 16.4. The van der Waals surface area contributed by atoms with E-state index in [1.807, 2.05) is 0 Å². The fourth-order valence-electron chi connectivity index (χ4n) is 4.57. The maximum atomic E-state index is 11.3. The van der Waals surface area contributed by atoms with Crippen molar-refractivity contribution in [1.29, 1.82) is 0 Å². The van der Waals surface area contributed by atoms with Crippen LogP contribution in [-0.2, 0) is 9.59 Å². The van der Waals surface area contributed by atoms with Gasteiger partial charge in [-0.3, -0.25) is 9.59 Å². The van der Waals surface area contributed by atoms with E-state index in [1.54, 1.807) is 0 Å². The topological polar surface area (TPSA) is 74.6 Å². The Labute approximate surface area is 164 Å². The van der Waals surface area contributed by atoms with Crippen molar-refractivity contribution >= 4 is 11.9 Å². The largest absolute Gasteiger partial charge is 0.481 e. The van der Waals surface area contributed by atoms with Crippen LogP contribution in [0.4, 0.5) is 0 Å². The van der Waals surface area contributed by atoms with Crippen molar-refractivity contribution in [1.82, 2.24) is 0 Å². The van der Waals surface area contributed by atoms with E-state index in [4.69, 9.17) is 0 Å². The number of allylic oxidation sites excluding steroid dienone is 2. The second kappa shape index (κ2) is 10.9. The third-order valence-corrected chi connectivity index (χ3v) is 7.00. The van der Waals surface area contributed by atoms with Crippen molar-refractivity contribution in [3.63, 3.8) is 0 Å². The molecule has 2 fully saturated rings. The van der Waals surface area contributed by atoms with E-state index in [9.17, 15) is 19.8 Å². The van der Waals surface area contributed by atoms with Crippen LogP contribution in [0.15, 0.2) is 12.2 Å². The Hall–Kier alpha value is -1.32. The molecule has 154 valence electrons. The van der Waals surface area contributed by atoms with Crippen LogP contribution in [0.1, 0.15) is 109 Å². The molecule has 0 bridgehead atoms. The second-order valence-corrected chi connectivity index (χ2v) is 8.90. The van der Waals surface area contributed by atoms with Gasteiger partial charge in [0.1, 0.15) is 0 Å². The molecule has 0 atom stereocenters. The minimum Gasteiger partial charge on any atom is -0.481 e. The molecule has 0 radical (unpaired) electrons. The molecule has 2 saturated carbocycles. The summed E-state index contributed by atoms with van der Waals surface area (Å²) in [5.41, 5.74) is -0.749. The van der Waals surface area contributed by atoms with Gasteiger partial charge in [-0.25, -0.2) is 0 Å². The van der Waals surface area contributed by atoms with Crippen LogP contribution in [-0.4, -0.2) is 22.2 Å². The molecule has 2 aliphatic carbocycles. The molecule has 2 rings (SSSR count). The molecule has 0 aromatic rings. The van der Waals surface area contributed by atoms with Gasteiger partial charge in [-0.05, 0) is 64.2 Å². The summed E-state index contributed by atoms with van der Waals surface area (Å²) in [4.78, 5) is 22.6. The quantitative estimate of drug-likeness (QED) is 0.257. The van der Waals surface area contributed by atoms with Gasteiger partial charge in [0, 0.05) is 0 Å². The Morgan fingerprint density at radius 3 is 1.33 bits per heavy atom. The van der Waals surface area contributed by atoms with E-state index in [-0.39, 0.29) is 10.8 Å². The first-order valence-electron chi connectivity index (χ1n) is 11.1. The molecule has 27 heavy (non-hydrogen) atoms. The molecule has 2 N–H and O–H groups in total. The fourth-order valence-corrected chi connectivity index (χ4v) is 4.57. The smallest absolute Gasteiger partial charge is 0.309 e. The first-order chi connectivity index (χ1) is 13.0. The van der Waals surface area contributed by atoms with Gasteiger partial charge in [-0.1, -0.05) is 57.1 Å². The standard InChI is InChI=1S/C23H38O4/c24-20(25)22(16-12-17-22)14-10-8-6-4-2-1-3-5-7-9-11-15-23(21(26)27)18-13-19-23/h1-2H,3-19H2,(H,24,25)(H,26,27). The number of rotatable bonds is 15. The number of hydrogen-bond acceptors (Lipinski definition) is 2. The van der Waals surface area contributed by atoms with Crippen molar-refractivity contribution in [2.45, 2.75) is 109 Å². The van der Waals surface area contributed by atoms with E-state index in [0.717, 1.165) is 96.3 Å². The lowest BCUT2D eigenvalue weighted by Crippen LogP contribution is -2.37. The zero-order chi connectivity index (χ0) is 19.6. The maximum Gasteiger partial charge on any atom is 0.309 e. The molecule has 0 spiro atoms. The van der Waals surface area contributed by atoms with Gasteiger partial charge in [0.15, 0.2) is 0 Å². The zero-order valence-corrected chi connectivity index (χ0v) is 16.9. The molecule has 0 aliphatic heterocycles. The zero-order valence-electron chi connectivity index (χ0n) is 16.9. The normalized spacial score (nSPS) is 20.1. The Balaban J connectivity index is 1.38. The molecular weight excluding hydrogens is 340 g/mol. The highest BCUT2D eigenvalue weighted by Gasteiger charge is 2.44. The molecule has 0 aromatic carbocycles. The predicted octanol–water partition coefficient (Wildman–Crippen LogP) is 6.34. The number of carbonyl (C=O) groups is 2. The van der Waals surface area contributed by atoms with Crippen molar-refractivity contribution in [3.05, 3.63) is 12.2 Å². The number of carboxylic acid groups (broad SMARTS) is 2. The van der Waals surface area contributed by atoms with Crippen LogP contribution >= 0.6 is 0 Å². The minimum atomic E-state index is -0.584. The van der Waals surface area contributed by atoms with Gasteiger partial charge in [0.25, 0.3) is 0 Å². The lowest BCUT2D eigenvalue weighted by molar-refractivity contribution is -0.156. The van der Waals surface area contributed by atoms with Crippen molar-refractivity contribution < 1.29 is 19.8 Å². The summed E-state index contributed by atoms with van der Waals surface area (Å²) < 4.78 is 0. The van der Waals surface area contributed by atoms with Gasteiger partial charge in [0.2, 0.25) is 0 Å². The van der Waals surface area contributed by atoms with Crippen molar-refractivity contribution in [2.75, 3.05) is 0 Å². The second-order valence-electron chi connectivity index (χ2n) is 8.90. The summed E-state index contributed by atoms with van der Waals surface area (Å²) in [5, 5.41) is 18.6. The maximum absolute atomic E-state index is 11.3. The van der Waals surface area contributed by atoms with E-state index >= 15 is 0 Å². The molecule has 2 aliphatic rings. The fraction of sp³-hybridized carbons (Fsp3) is 0.826. The Kier molecular flexibility index (Phi) is 8.85. The van der Waals surface area contributed by atoms with Crippen LogP contribution in [0.25, 0.3) is 0 Å². The number of aliphatic carboxylic acids is 2. The van der Waals surface area contributed by atoms with Crippen LogP contribution in [0.5, 0.6) is 0 Å².